The SMILES string of the molecule is CC(O)Cn1cc2cc(NCc3ccccc3C(F)(F)F)ccc2n1. The Hall–Kier alpha value is -2.54. The number of fused-ring (bicyclic) bond motifs is 1. The van der Waals surface area contributed by atoms with Crippen LogP contribution in [-0.4, -0.2) is 21.0 Å². The highest BCUT2D eigenvalue weighted by atomic mass is 19.4. The van der Waals surface area contributed by atoms with E-state index in [0.717, 1.165) is 17.0 Å². The van der Waals surface area contributed by atoms with Crippen molar-refractivity contribution in [1.82, 2.24) is 9.78 Å². The van der Waals surface area contributed by atoms with Gasteiger partial charge in [-0.2, -0.15) is 18.3 Å². The highest BCUT2D eigenvalue weighted by Gasteiger charge is 2.32. The second-order valence-corrected chi connectivity index (χ2v) is 5.98. The number of halogens is 3. The van der Waals surface area contributed by atoms with Crippen LogP contribution in [0.15, 0.2) is 48.7 Å². The second kappa shape index (κ2) is 6.76. The Morgan fingerprint density at radius 3 is 2.68 bits per heavy atom. The van der Waals surface area contributed by atoms with Gasteiger partial charge >= 0.3 is 6.18 Å². The van der Waals surface area contributed by atoms with Crippen LogP contribution in [-0.2, 0) is 19.3 Å². The van der Waals surface area contributed by atoms with E-state index < -0.39 is 17.8 Å². The van der Waals surface area contributed by atoms with Gasteiger partial charge in [0.15, 0.2) is 0 Å². The fraction of sp³-hybridized carbons (Fsp3) is 0.278. The van der Waals surface area contributed by atoms with Crippen LogP contribution in [0.2, 0.25) is 0 Å². The molecule has 132 valence electrons. The maximum Gasteiger partial charge on any atom is 0.416 e. The fourth-order valence-corrected chi connectivity index (χ4v) is 2.70. The molecular weight excluding hydrogens is 331 g/mol. The number of nitrogens with one attached hydrogen (secondary N) is 1. The lowest BCUT2D eigenvalue weighted by Gasteiger charge is -2.13. The number of aliphatic hydroxyl groups is 1. The molecule has 1 heterocycles. The number of nitrogens with zero attached hydrogens (tertiary/aromatic N) is 2. The van der Waals surface area contributed by atoms with Crippen molar-refractivity contribution in [3.05, 3.63) is 59.8 Å². The first-order valence-electron chi connectivity index (χ1n) is 7.87. The zero-order valence-electron chi connectivity index (χ0n) is 13.6. The van der Waals surface area contributed by atoms with Gasteiger partial charge in [-0.3, -0.25) is 4.68 Å². The Balaban J connectivity index is 1.78. The van der Waals surface area contributed by atoms with Crippen molar-refractivity contribution in [2.24, 2.45) is 0 Å². The second-order valence-electron chi connectivity index (χ2n) is 5.98. The molecule has 25 heavy (non-hydrogen) atoms. The maximum absolute atomic E-state index is 13.0. The molecular formula is C18H18F3N3O. The summed E-state index contributed by atoms with van der Waals surface area (Å²) >= 11 is 0. The minimum absolute atomic E-state index is 0.0724. The third kappa shape index (κ3) is 4.11. The molecule has 2 N–H and O–H groups in total. The van der Waals surface area contributed by atoms with Gasteiger partial charge in [0, 0.05) is 23.8 Å². The fourth-order valence-electron chi connectivity index (χ4n) is 2.70. The van der Waals surface area contributed by atoms with Crippen LogP contribution in [0.3, 0.4) is 0 Å². The molecule has 7 heteroatoms. The molecule has 0 aliphatic rings. The number of hydrogen-bond acceptors (Lipinski definition) is 3. The zero-order valence-corrected chi connectivity index (χ0v) is 13.6. The molecule has 0 saturated heterocycles. The van der Waals surface area contributed by atoms with Crippen LogP contribution >= 0.6 is 0 Å². The maximum atomic E-state index is 13.0. The van der Waals surface area contributed by atoms with Gasteiger partial charge < -0.3 is 10.4 Å². The highest BCUT2D eigenvalue weighted by molar-refractivity contribution is 5.82. The Bertz CT molecular complexity index is 871. The average Bonchev–Trinajstić information content (AvgIpc) is 2.92. The smallest absolute Gasteiger partial charge is 0.391 e. The van der Waals surface area contributed by atoms with E-state index in [-0.39, 0.29) is 12.1 Å². The highest BCUT2D eigenvalue weighted by Crippen LogP contribution is 2.32. The summed E-state index contributed by atoms with van der Waals surface area (Å²) in [6.45, 7) is 2.14. The van der Waals surface area contributed by atoms with Gasteiger partial charge in [-0.25, -0.2) is 0 Å². The number of benzene rings is 2. The van der Waals surface area contributed by atoms with Gasteiger partial charge in [-0.15, -0.1) is 0 Å². The quantitative estimate of drug-likeness (QED) is 0.731. The van der Waals surface area contributed by atoms with E-state index in [1.165, 1.54) is 12.1 Å². The molecule has 3 rings (SSSR count). The van der Waals surface area contributed by atoms with Crippen LogP contribution in [0.1, 0.15) is 18.1 Å². The lowest BCUT2D eigenvalue weighted by Crippen LogP contribution is -2.11. The molecule has 0 bridgehead atoms. The lowest BCUT2D eigenvalue weighted by atomic mass is 10.1. The van der Waals surface area contributed by atoms with Crippen LogP contribution in [0.25, 0.3) is 10.9 Å². The van der Waals surface area contributed by atoms with Gasteiger partial charge in [-0.05, 0) is 36.8 Å². The summed E-state index contributed by atoms with van der Waals surface area (Å²) in [4.78, 5) is 0. The molecule has 1 aromatic heterocycles. The third-order valence-corrected chi connectivity index (χ3v) is 3.81. The predicted molar refractivity (Wildman–Crippen MR) is 90.2 cm³/mol. The molecule has 3 aromatic rings. The molecule has 0 aliphatic heterocycles. The van der Waals surface area contributed by atoms with Crippen LogP contribution in [0.5, 0.6) is 0 Å². The molecule has 1 unspecified atom stereocenters. The minimum atomic E-state index is -4.37. The molecule has 0 spiro atoms. The summed E-state index contributed by atoms with van der Waals surface area (Å²) in [6, 6.07) is 10.9. The van der Waals surface area contributed by atoms with Gasteiger partial charge in [0.05, 0.1) is 23.7 Å². The van der Waals surface area contributed by atoms with Crippen molar-refractivity contribution in [3.63, 3.8) is 0 Å². The largest absolute Gasteiger partial charge is 0.416 e. The molecule has 0 fully saturated rings. The molecule has 0 radical (unpaired) electrons. The molecule has 4 nitrogen and oxygen atoms in total. The zero-order chi connectivity index (χ0) is 18.0. The summed E-state index contributed by atoms with van der Waals surface area (Å²) in [5.41, 5.74) is 1.04. The summed E-state index contributed by atoms with van der Waals surface area (Å²) < 4.78 is 40.7. The van der Waals surface area contributed by atoms with E-state index >= 15 is 0 Å². The number of alkyl halides is 3. The number of aromatic nitrogens is 2. The van der Waals surface area contributed by atoms with Crippen molar-refractivity contribution < 1.29 is 18.3 Å². The first-order valence-corrected chi connectivity index (χ1v) is 7.87. The van der Waals surface area contributed by atoms with Crippen LogP contribution in [0.4, 0.5) is 18.9 Å². The van der Waals surface area contributed by atoms with Gasteiger partial charge in [0.2, 0.25) is 0 Å². The first kappa shape index (κ1) is 17.3. The number of aliphatic hydroxyl groups excluding tert-OH is 1. The summed E-state index contributed by atoms with van der Waals surface area (Å²) in [5.74, 6) is 0. The monoisotopic (exact) mass is 349 g/mol. The topological polar surface area (TPSA) is 50.1 Å². The van der Waals surface area contributed by atoms with E-state index in [9.17, 15) is 18.3 Å². The summed E-state index contributed by atoms with van der Waals surface area (Å²) in [5, 5.41) is 17.6. The molecule has 0 amide bonds. The van der Waals surface area contributed by atoms with Crippen molar-refractivity contribution in [2.75, 3.05) is 5.32 Å². The Kier molecular flexibility index (Phi) is 4.67. The van der Waals surface area contributed by atoms with Crippen LogP contribution < -0.4 is 5.32 Å². The van der Waals surface area contributed by atoms with Crippen LogP contribution in [0, 0.1) is 0 Å². The van der Waals surface area contributed by atoms with Crippen molar-refractivity contribution >= 4 is 16.6 Å². The van der Waals surface area contributed by atoms with Crippen molar-refractivity contribution in [2.45, 2.75) is 32.3 Å². The minimum Gasteiger partial charge on any atom is -0.391 e. The average molecular weight is 349 g/mol. The summed E-state index contributed by atoms with van der Waals surface area (Å²) in [6.07, 6.45) is -3.08. The van der Waals surface area contributed by atoms with Gasteiger partial charge in [0.25, 0.3) is 0 Å². The number of anilines is 1. The van der Waals surface area contributed by atoms with E-state index in [1.807, 2.05) is 6.07 Å². The molecule has 1 atom stereocenters. The Labute approximate surface area is 142 Å². The van der Waals surface area contributed by atoms with Crippen molar-refractivity contribution in [1.29, 1.82) is 0 Å². The number of hydrogen-bond donors (Lipinski definition) is 2. The lowest BCUT2D eigenvalue weighted by molar-refractivity contribution is -0.138. The van der Waals surface area contributed by atoms with E-state index in [1.54, 1.807) is 36.0 Å². The van der Waals surface area contributed by atoms with E-state index in [4.69, 9.17) is 0 Å². The van der Waals surface area contributed by atoms with Gasteiger partial charge in [-0.1, -0.05) is 18.2 Å². The van der Waals surface area contributed by atoms with Crippen molar-refractivity contribution in [3.8, 4) is 0 Å². The predicted octanol–water partition coefficient (Wildman–Crippen LogP) is 4.05. The molecule has 0 aliphatic carbocycles. The first-order chi connectivity index (χ1) is 11.8. The Morgan fingerprint density at radius 1 is 1.20 bits per heavy atom. The normalized spacial score (nSPS) is 13.2. The summed E-state index contributed by atoms with van der Waals surface area (Å²) in [7, 11) is 0. The third-order valence-electron chi connectivity index (χ3n) is 3.81. The number of rotatable bonds is 5. The van der Waals surface area contributed by atoms with Gasteiger partial charge in [0.1, 0.15) is 0 Å². The van der Waals surface area contributed by atoms with E-state index in [2.05, 4.69) is 10.4 Å². The molecule has 0 saturated carbocycles. The van der Waals surface area contributed by atoms with E-state index in [0.29, 0.717) is 12.2 Å². The Morgan fingerprint density at radius 2 is 1.96 bits per heavy atom. The molecule has 2 aromatic carbocycles. The standard InChI is InChI=1S/C18H18F3N3O/c1-12(25)10-24-11-14-8-15(6-7-17(14)23-24)22-9-13-4-2-3-5-16(13)18(19,20)21/h2-8,11-12,22,25H,9-10H2,1H3.